The number of alkyl halides is 2. The summed E-state index contributed by atoms with van der Waals surface area (Å²) in [7, 11) is 0. The Balaban J connectivity index is 2.14. The van der Waals surface area contributed by atoms with Gasteiger partial charge in [-0.05, 0) is 25.7 Å². The average Bonchev–Trinajstić information content (AvgIpc) is 2.18. The van der Waals surface area contributed by atoms with Gasteiger partial charge in [-0.2, -0.15) is 0 Å². The van der Waals surface area contributed by atoms with Gasteiger partial charge in [-0.1, -0.05) is 0 Å². The van der Waals surface area contributed by atoms with Crippen LogP contribution < -0.4 is 10.6 Å². The minimum atomic E-state index is -0.682. The van der Waals surface area contributed by atoms with Crippen molar-refractivity contribution in [3.05, 3.63) is 0 Å². The molecule has 1 aliphatic rings. The standard InChI is InChI=1S/C9H16ClFN2O/c10-5-6-12-9(14)13-8-3-1-7(11)2-4-8/h7-8H,1-6H2,(H2,12,13,14). The van der Waals surface area contributed by atoms with Gasteiger partial charge < -0.3 is 10.6 Å². The van der Waals surface area contributed by atoms with Gasteiger partial charge in [-0.15, -0.1) is 11.6 Å². The van der Waals surface area contributed by atoms with Crippen LogP contribution in [0.1, 0.15) is 25.7 Å². The van der Waals surface area contributed by atoms with E-state index in [2.05, 4.69) is 10.6 Å². The molecule has 14 heavy (non-hydrogen) atoms. The van der Waals surface area contributed by atoms with Crippen molar-refractivity contribution in [3.8, 4) is 0 Å². The summed E-state index contributed by atoms with van der Waals surface area (Å²) in [6.07, 6.45) is 1.89. The normalized spacial score (nSPS) is 27.0. The molecule has 0 aromatic rings. The third-order valence-corrected chi connectivity index (χ3v) is 2.56. The fourth-order valence-electron chi connectivity index (χ4n) is 1.59. The highest BCUT2D eigenvalue weighted by molar-refractivity contribution is 6.18. The van der Waals surface area contributed by atoms with E-state index in [0.717, 1.165) is 12.8 Å². The second-order valence-corrected chi connectivity index (χ2v) is 3.92. The van der Waals surface area contributed by atoms with Crippen molar-refractivity contribution < 1.29 is 9.18 Å². The monoisotopic (exact) mass is 222 g/mol. The molecule has 0 unspecified atom stereocenters. The molecule has 1 saturated carbocycles. The molecule has 0 spiro atoms. The quantitative estimate of drug-likeness (QED) is 0.703. The van der Waals surface area contributed by atoms with Crippen LogP contribution in [0.15, 0.2) is 0 Å². The van der Waals surface area contributed by atoms with E-state index in [9.17, 15) is 9.18 Å². The van der Waals surface area contributed by atoms with Crippen molar-refractivity contribution in [2.45, 2.75) is 37.9 Å². The van der Waals surface area contributed by atoms with Gasteiger partial charge in [-0.3, -0.25) is 0 Å². The summed E-state index contributed by atoms with van der Waals surface area (Å²) in [4.78, 5) is 11.2. The molecule has 1 aliphatic carbocycles. The van der Waals surface area contributed by atoms with Gasteiger partial charge in [-0.25, -0.2) is 9.18 Å². The van der Waals surface area contributed by atoms with Crippen molar-refractivity contribution in [1.82, 2.24) is 10.6 Å². The topological polar surface area (TPSA) is 41.1 Å². The largest absolute Gasteiger partial charge is 0.337 e. The van der Waals surface area contributed by atoms with Crippen LogP contribution in [0, 0.1) is 0 Å². The Labute approximate surface area is 88.4 Å². The minimum absolute atomic E-state index is 0.123. The smallest absolute Gasteiger partial charge is 0.315 e. The Morgan fingerprint density at radius 1 is 1.36 bits per heavy atom. The second-order valence-electron chi connectivity index (χ2n) is 3.54. The molecule has 0 aliphatic heterocycles. The summed E-state index contributed by atoms with van der Waals surface area (Å²) in [6, 6.07) is -0.0784. The van der Waals surface area contributed by atoms with Gasteiger partial charge in [0, 0.05) is 18.5 Å². The molecule has 82 valence electrons. The maximum atomic E-state index is 12.8. The van der Waals surface area contributed by atoms with Gasteiger partial charge in [0.15, 0.2) is 0 Å². The molecular weight excluding hydrogens is 207 g/mol. The van der Waals surface area contributed by atoms with Crippen LogP contribution in [0.5, 0.6) is 0 Å². The first kappa shape index (κ1) is 11.6. The van der Waals surface area contributed by atoms with Gasteiger partial charge in [0.25, 0.3) is 0 Å². The molecule has 1 fully saturated rings. The fourth-order valence-corrected chi connectivity index (χ4v) is 1.69. The van der Waals surface area contributed by atoms with Crippen LogP contribution in [-0.4, -0.2) is 30.7 Å². The molecule has 2 amide bonds. The number of halogens is 2. The summed E-state index contributed by atoms with van der Waals surface area (Å²) in [5.74, 6) is 0.407. The van der Waals surface area contributed by atoms with Crippen molar-refractivity contribution in [3.63, 3.8) is 0 Å². The maximum Gasteiger partial charge on any atom is 0.315 e. The number of rotatable bonds is 3. The van der Waals surface area contributed by atoms with E-state index in [1.54, 1.807) is 0 Å². The zero-order valence-electron chi connectivity index (χ0n) is 8.06. The van der Waals surface area contributed by atoms with Crippen LogP contribution in [0.4, 0.5) is 9.18 Å². The molecule has 3 nitrogen and oxygen atoms in total. The van der Waals surface area contributed by atoms with E-state index in [0.29, 0.717) is 25.3 Å². The van der Waals surface area contributed by atoms with E-state index in [1.165, 1.54) is 0 Å². The molecule has 0 heterocycles. The van der Waals surface area contributed by atoms with E-state index in [1.807, 2.05) is 0 Å². The first-order valence-electron chi connectivity index (χ1n) is 4.96. The van der Waals surface area contributed by atoms with Gasteiger partial charge >= 0.3 is 6.03 Å². The molecular formula is C9H16ClFN2O. The molecule has 2 N–H and O–H groups in total. The first-order chi connectivity index (χ1) is 6.72. The number of carbonyl (C=O) groups excluding carboxylic acids is 1. The number of hydrogen-bond donors (Lipinski definition) is 2. The molecule has 5 heteroatoms. The van der Waals surface area contributed by atoms with E-state index in [-0.39, 0.29) is 12.1 Å². The zero-order chi connectivity index (χ0) is 10.4. The molecule has 1 rings (SSSR count). The number of hydrogen-bond acceptors (Lipinski definition) is 1. The fraction of sp³-hybridized carbons (Fsp3) is 0.889. The van der Waals surface area contributed by atoms with Crippen molar-refractivity contribution in [2.24, 2.45) is 0 Å². The lowest BCUT2D eigenvalue weighted by molar-refractivity contribution is 0.208. The Kier molecular flexibility index (Phi) is 5.01. The molecule has 0 aromatic carbocycles. The van der Waals surface area contributed by atoms with Gasteiger partial charge in [0.2, 0.25) is 0 Å². The Morgan fingerprint density at radius 2 is 2.00 bits per heavy atom. The third-order valence-electron chi connectivity index (χ3n) is 2.37. The molecule has 0 radical (unpaired) electrons. The zero-order valence-corrected chi connectivity index (χ0v) is 8.82. The molecule has 0 bridgehead atoms. The Morgan fingerprint density at radius 3 is 2.57 bits per heavy atom. The summed E-state index contributed by atoms with van der Waals surface area (Å²) >= 11 is 5.42. The SMILES string of the molecule is O=C(NCCCl)NC1CCC(F)CC1. The van der Waals surface area contributed by atoms with Crippen LogP contribution in [0.25, 0.3) is 0 Å². The average molecular weight is 223 g/mol. The van der Waals surface area contributed by atoms with E-state index in [4.69, 9.17) is 11.6 Å². The maximum absolute atomic E-state index is 12.8. The van der Waals surface area contributed by atoms with E-state index < -0.39 is 6.17 Å². The van der Waals surface area contributed by atoms with Crippen LogP contribution in [0.2, 0.25) is 0 Å². The predicted octanol–water partition coefficient (Wildman–Crippen LogP) is 1.81. The number of carbonyl (C=O) groups is 1. The summed E-state index contributed by atoms with van der Waals surface area (Å²) in [5, 5.41) is 5.41. The molecule has 0 saturated heterocycles. The van der Waals surface area contributed by atoms with Crippen molar-refractivity contribution in [2.75, 3.05) is 12.4 Å². The lowest BCUT2D eigenvalue weighted by atomic mass is 9.94. The lowest BCUT2D eigenvalue weighted by Gasteiger charge is -2.25. The Bertz CT molecular complexity index is 184. The second kappa shape index (κ2) is 6.06. The van der Waals surface area contributed by atoms with Crippen LogP contribution in [0.3, 0.4) is 0 Å². The highest BCUT2D eigenvalue weighted by atomic mass is 35.5. The molecule has 0 atom stereocenters. The Hall–Kier alpha value is -0.510. The summed E-state index contributed by atoms with van der Waals surface area (Å²) in [6.45, 7) is 0.464. The van der Waals surface area contributed by atoms with Crippen LogP contribution in [-0.2, 0) is 0 Å². The number of amides is 2. The van der Waals surface area contributed by atoms with E-state index >= 15 is 0 Å². The number of nitrogens with one attached hydrogen (secondary N) is 2. The van der Waals surface area contributed by atoms with Gasteiger partial charge in [0.05, 0.1) is 0 Å². The van der Waals surface area contributed by atoms with Gasteiger partial charge in [0.1, 0.15) is 6.17 Å². The summed E-state index contributed by atoms with van der Waals surface area (Å²) < 4.78 is 12.8. The van der Waals surface area contributed by atoms with Crippen LogP contribution >= 0.6 is 11.6 Å². The highest BCUT2D eigenvalue weighted by Crippen LogP contribution is 2.20. The summed E-state index contributed by atoms with van der Waals surface area (Å²) in [5.41, 5.74) is 0. The third kappa shape index (κ3) is 4.13. The predicted molar refractivity (Wildman–Crippen MR) is 54.4 cm³/mol. The first-order valence-corrected chi connectivity index (χ1v) is 5.50. The highest BCUT2D eigenvalue weighted by Gasteiger charge is 2.21. The number of urea groups is 1. The molecule has 0 aromatic heterocycles. The minimum Gasteiger partial charge on any atom is -0.337 e. The van der Waals surface area contributed by atoms with Crippen molar-refractivity contribution >= 4 is 17.6 Å². The van der Waals surface area contributed by atoms with Crippen molar-refractivity contribution in [1.29, 1.82) is 0 Å². The lowest BCUT2D eigenvalue weighted by Crippen LogP contribution is -2.44.